The quantitative estimate of drug-likeness (QED) is 0.552. The Morgan fingerprint density at radius 2 is 1.90 bits per heavy atom. The zero-order valence-corrected chi connectivity index (χ0v) is 16.6. The Labute approximate surface area is 178 Å². The normalized spacial score (nSPS) is 18.9. The van der Waals surface area contributed by atoms with E-state index in [-0.39, 0.29) is 12.1 Å². The van der Waals surface area contributed by atoms with Crippen molar-refractivity contribution in [1.29, 1.82) is 0 Å². The summed E-state index contributed by atoms with van der Waals surface area (Å²) in [4.78, 5) is 4.32. The van der Waals surface area contributed by atoms with Gasteiger partial charge in [-0.05, 0) is 34.7 Å². The molecule has 0 fully saturated rings. The fourth-order valence-electron chi connectivity index (χ4n) is 4.34. The average Bonchev–Trinajstić information content (AvgIpc) is 3.31. The lowest BCUT2D eigenvalue weighted by atomic mass is 9.85. The van der Waals surface area contributed by atoms with E-state index in [4.69, 9.17) is 9.47 Å². The van der Waals surface area contributed by atoms with Crippen LogP contribution in [0.25, 0.3) is 5.70 Å². The topological polar surface area (TPSA) is 87.0 Å². The molecular weight excluding hydrogens is 392 g/mol. The molecule has 0 radical (unpaired) electrons. The van der Waals surface area contributed by atoms with Crippen LogP contribution in [0.3, 0.4) is 0 Å². The molecule has 2 aliphatic heterocycles. The van der Waals surface area contributed by atoms with Crippen LogP contribution in [0.5, 0.6) is 11.5 Å². The Kier molecular flexibility index (Phi) is 3.95. The molecule has 0 saturated heterocycles. The van der Waals surface area contributed by atoms with Crippen LogP contribution in [0.1, 0.15) is 28.8 Å². The monoisotopic (exact) mass is 410 g/mol. The van der Waals surface area contributed by atoms with E-state index >= 15 is 0 Å². The minimum absolute atomic E-state index is 0.323. The van der Waals surface area contributed by atoms with E-state index in [2.05, 4.69) is 25.8 Å². The maximum atomic E-state index is 6.54. The summed E-state index contributed by atoms with van der Waals surface area (Å²) in [7, 11) is 1.67. The summed E-state index contributed by atoms with van der Waals surface area (Å²) in [6, 6.07) is 19.5. The number of hydrogen-bond acceptors (Lipinski definition) is 7. The SMILES string of the molecule is COc1ccccc1[C@H]1C2=C(Nc3nnnn31)c1ccccc1O[C@H]2c1cccnc1. The lowest BCUT2D eigenvalue weighted by Gasteiger charge is -2.38. The molecule has 0 amide bonds. The number of rotatable bonds is 3. The largest absolute Gasteiger partial charge is 0.496 e. The van der Waals surface area contributed by atoms with Crippen molar-refractivity contribution in [1.82, 2.24) is 25.2 Å². The molecule has 4 aromatic rings. The number of methoxy groups -OCH3 is 1. The molecule has 2 aromatic carbocycles. The van der Waals surface area contributed by atoms with Crippen molar-refractivity contribution in [2.24, 2.45) is 0 Å². The molecule has 2 aromatic heterocycles. The molecule has 8 nitrogen and oxygen atoms in total. The summed E-state index contributed by atoms with van der Waals surface area (Å²) in [5.74, 6) is 2.12. The van der Waals surface area contributed by atoms with Crippen LogP contribution in [0.2, 0.25) is 0 Å². The standard InChI is InChI=1S/C23H18N6O2/c1-30-17-10-4-3-9-16(17)21-19-20(25-23-26-27-28-29(21)23)15-8-2-5-11-18(15)31-22(19)14-7-6-12-24-13-14/h2-13,21-22H,1H3,(H,25,26,28)/t21-,22-/m0/s1. The minimum atomic E-state index is -0.377. The highest BCUT2D eigenvalue weighted by molar-refractivity contribution is 5.85. The van der Waals surface area contributed by atoms with Crippen molar-refractivity contribution in [3.63, 3.8) is 0 Å². The van der Waals surface area contributed by atoms with Crippen LogP contribution in [0, 0.1) is 0 Å². The van der Waals surface area contributed by atoms with Crippen LogP contribution >= 0.6 is 0 Å². The number of ether oxygens (including phenoxy) is 2. The molecule has 152 valence electrons. The zero-order chi connectivity index (χ0) is 20.8. The van der Waals surface area contributed by atoms with Gasteiger partial charge in [0.25, 0.3) is 0 Å². The van der Waals surface area contributed by atoms with E-state index in [9.17, 15) is 0 Å². The van der Waals surface area contributed by atoms with Gasteiger partial charge in [0.2, 0.25) is 5.95 Å². The van der Waals surface area contributed by atoms with Crippen LogP contribution in [0.4, 0.5) is 5.95 Å². The van der Waals surface area contributed by atoms with Gasteiger partial charge in [0.1, 0.15) is 17.5 Å². The van der Waals surface area contributed by atoms with Crippen molar-refractivity contribution in [2.45, 2.75) is 12.1 Å². The average molecular weight is 410 g/mol. The summed E-state index contributed by atoms with van der Waals surface area (Å²) < 4.78 is 14.0. The van der Waals surface area contributed by atoms with Crippen molar-refractivity contribution >= 4 is 11.6 Å². The second-order valence-corrected chi connectivity index (χ2v) is 7.33. The van der Waals surface area contributed by atoms with Crippen molar-refractivity contribution in [2.75, 3.05) is 12.4 Å². The lowest BCUT2D eigenvalue weighted by molar-refractivity contribution is 0.221. The van der Waals surface area contributed by atoms with Gasteiger partial charge < -0.3 is 14.8 Å². The number of tetrazole rings is 1. The lowest BCUT2D eigenvalue weighted by Crippen LogP contribution is -2.32. The first kappa shape index (κ1) is 17.6. The number of anilines is 1. The highest BCUT2D eigenvalue weighted by Gasteiger charge is 2.42. The third-order valence-corrected chi connectivity index (χ3v) is 5.66. The fraction of sp³-hybridized carbons (Fsp3) is 0.130. The second kappa shape index (κ2) is 6.94. The molecule has 0 saturated carbocycles. The Morgan fingerprint density at radius 1 is 1.03 bits per heavy atom. The van der Waals surface area contributed by atoms with Gasteiger partial charge in [-0.15, -0.1) is 0 Å². The molecule has 0 unspecified atom stereocenters. The maximum absolute atomic E-state index is 6.54. The van der Waals surface area contributed by atoms with Gasteiger partial charge in [0.05, 0.1) is 12.8 Å². The third kappa shape index (κ3) is 2.68. The van der Waals surface area contributed by atoms with Gasteiger partial charge in [-0.2, -0.15) is 4.68 Å². The van der Waals surface area contributed by atoms with Gasteiger partial charge in [-0.3, -0.25) is 4.98 Å². The molecule has 0 spiro atoms. The van der Waals surface area contributed by atoms with Crippen molar-refractivity contribution in [3.8, 4) is 11.5 Å². The first-order valence-corrected chi connectivity index (χ1v) is 9.93. The predicted molar refractivity (Wildman–Crippen MR) is 114 cm³/mol. The van der Waals surface area contributed by atoms with E-state index in [0.717, 1.165) is 39.5 Å². The number of pyridine rings is 1. The van der Waals surface area contributed by atoms with Gasteiger partial charge in [-0.1, -0.05) is 41.5 Å². The first-order valence-electron chi connectivity index (χ1n) is 9.93. The molecule has 6 rings (SSSR count). The van der Waals surface area contributed by atoms with Crippen molar-refractivity contribution < 1.29 is 9.47 Å². The molecule has 0 bridgehead atoms. The number of aromatic nitrogens is 5. The van der Waals surface area contributed by atoms with E-state index < -0.39 is 0 Å². The number of para-hydroxylation sites is 2. The molecule has 8 heteroatoms. The number of benzene rings is 2. The molecular formula is C23H18N6O2. The Morgan fingerprint density at radius 3 is 2.77 bits per heavy atom. The summed E-state index contributed by atoms with van der Waals surface area (Å²) >= 11 is 0. The highest BCUT2D eigenvalue weighted by atomic mass is 16.5. The molecule has 2 atom stereocenters. The number of hydrogen-bond donors (Lipinski definition) is 1. The molecule has 4 heterocycles. The van der Waals surface area contributed by atoms with Gasteiger partial charge >= 0.3 is 0 Å². The Bertz CT molecular complexity index is 1300. The Hall–Kier alpha value is -4.20. The van der Waals surface area contributed by atoms with E-state index in [1.165, 1.54) is 0 Å². The van der Waals surface area contributed by atoms with Gasteiger partial charge in [0, 0.05) is 34.7 Å². The zero-order valence-electron chi connectivity index (χ0n) is 16.6. The number of nitrogens with zero attached hydrogens (tertiary/aromatic N) is 5. The minimum Gasteiger partial charge on any atom is -0.496 e. The van der Waals surface area contributed by atoms with Crippen LogP contribution < -0.4 is 14.8 Å². The van der Waals surface area contributed by atoms with E-state index in [1.807, 2.05) is 66.9 Å². The number of fused-ring (bicyclic) bond motifs is 3. The Balaban J connectivity index is 1.66. The van der Waals surface area contributed by atoms with Gasteiger partial charge in [-0.25, -0.2) is 0 Å². The molecule has 2 aliphatic rings. The first-order chi connectivity index (χ1) is 15.3. The molecule has 1 N–H and O–H groups in total. The maximum Gasteiger partial charge on any atom is 0.248 e. The molecule has 31 heavy (non-hydrogen) atoms. The predicted octanol–water partition coefficient (Wildman–Crippen LogP) is 3.64. The summed E-state index contributed by atoms with van der Waals surface area (Å²) in [6.45, 7) is 0. The number of nitrogens with one attached hydrogen (secondary N) is 1. The van der Waals surface area contributed by atoms with Crippen LogP contribution in [-0.2, 0) is 0 Å². The van der Waals surface area contributed by atoms with Crippen molar-refractivity contribution in [3.05, 3.63) is 95.3 Å². The fourth-order valence-corrected chi connectivity index (χ4v) is 4.34. The van der Waals surface area contributed by atoms with Crippen LogP contribution in [0.15, 0.2) is 78.6 Å². The third-order valence-electron chi connectivity index (χ3n) is 5.66. The summed E-state index contributed by atoms with van der Waals surface area (Å²) in [6.07, 6.45) is 3.21. The second-order valence-electron chi connectivity index (χ2n) is 7.33. The molecule has 0 aliphatic carbocycles. The summed E-state index contributed by atoms with van der Waals surface area (Å²) in [5, 5.41) is 15.9. The van der Waals surface area contributed by atoms with E-state index in [0.29, 0.717) is 5.95 Å². The summed E-state index contributed by atoms with van der Waals surface area (Å²) in [5.41, 5.74) is 4.80. The smallest absolute Gasteiger partial charge is 0.248 e. The van der Waals surface area contributed by atoms with Gasteiger partial charge in [0.15, 0.2) is 6.10 Å². The van der Waals surface area contributed by atoms with Crippen LogP contribution in [-0.4, -0.2) is 32.3 Å². The van der Waals surface area contributed by atoms with E-state index in [1.54, 1.807) is 18.0 Å². The highest BCUT2D eigenvalue weighted by Crippen LogP contribution is 2.51.